The summed E-state index contributed by atoms with van der Waals surface area (Å²) >= 11 is 0. The number of nitrogens with two attached hydrogens (primary N) is 2. The van der Waals surface area contributed by atoms with Gasteiger partial charge >= 0.3 is 5.97 Å². The van der Waals surface area contributed by atoms with E-state index in [4.69, 9.17) is 22.0 Å². The highest BCUT2D eigenvalue weighted by atomic mass is 16.4. The highest BCUT2D eigenvalue weighted by molar-refractivity contribution is 5.74. The molecule has 0 aliphatic carbocycles. The van der Waals surface area contributed by atoms with E-state index in [1.165, 1.54) is 0 Å². The average Bonchev–Trinajstić information content (AvgIpc) is 2.08. The van der Waals surface area contributed by atoms with Crippen molar-refractivity contribution in [1.82, 2.24) is 5.32 Å². The predicted octanol–water partition coefficient (Wildman–Crippen LogP) is -1.02. The van der Waals surface area contributed by atoms with Crippen molar-refractivity contribution in [3.8, 4) is 0 Å². The van der Waals surface area contributed by atoms with Crippen LogP contribution in [0.1, 0.15) is 12.8 Å². The van der Waals surface area contributed by atoms with Crippen molar-refractivity contribution < 1.29 is 14.4 Å². The van der Waals surface area contributed by atoms with Gasteiger partial charge in [-0.25, -0.2) is 0 Å². The third-order valence-electron chi connectivity index (χ3n) is 1.32. The summed E-state index contributed by atoms with van der Waals surface area (Å²) in [5, 5.41) is 17.7. The SMILES string of the molecule is C[N+](C)(C)C.N=C(N)NCCCC(N)C(=O)O. The molecule has 0 heterocycles. The smallest absolute Gasteiger partial charge is 0.320 e. The molecule has 0 aliphatic heterocycles. The maximum Gasteiger partial charge on any atom is 0.320 e. The van der Waals surface area contributed by atoms with E-state index in [9.17, 15) is 4.79 Å². The van der Waals surface area contributed by atoms with Crippen LogP contribution in [0.25, 0.3) is 0 Å². The second-order valence-electron chi connectivity index (χ2n) is 5.11. The fourth-order valence-corrected chi connectivity index (χ4v) is 0.669. The molecule has 7 nitrogen and oxygen atoms in total. The number of carboxylic acid groups (broad SMARTS) is 1. The van der Waals surface area contributed by atoms with E-state index < -0.39 is 12.0 Å². The van der Waals surface area contributed by atoms with Gasteiger partial charge in [-0.1, -0.05) is 0 Å². The van der Waals surface area contributed by atoms with Crippen molar-refractivity contribution in [3.63, 3.8) is 0 Å². The van der Waals surface area contributed by atoms with Crippen LogP contribution in [-0.2, 0) is 4.79 Å². The Hall–Kier alpha value is -1.34. The molecule has 0 radical (unpaired) electrons. The molecular formula is C10H26N5O2+. The van der Waals surface area contributed by atoms with Crippen LogP contribution in [0.5, 0.6) is 0 Å². The molecule has 7 heteroatoms. The molecule has 0 bridgehead atoms. The van der Waals surface area contributed by atoms with Gasteiger partial charge < -0.3 is 26.4 Å². The van der Waals surface area contributed by atoms with Crippen molar-refractivity contribution in [1.29, 1.82) is 5.41 Å². The summed E-state index contributed by atoms with van der Waals surface area (Å²) in [6.45, 7) is 0.482. The molecule has 0 aromatic rings. The average molecular weight is 248 g/mol. The second-order valence-corrected chi connectivity index (χ2v) is 5.11. The summed E-state index contributed by atoms with van der Waals surface area (Å²) < 4.78 is 1.00. The standard InChI is InChI=1S/C6H14N4O2.C4H12N/c7-4(5(11)12)2-1-3-10-6(8)9;1-5(2,3)4/h4H,1-3,7H2,(H,11,12)(H4,8,9,10);1-4H3/q;+1. The summed E-state index contributed by atoms with van der Waals surface area (Å²) in [4.78, 5) is 10.2. The lowest BCUT2D eigenvalue weighted by molar-refractivity contribution is -0.849. The summed E-state index contributed by atoms with van der Waals surface area (Å²) in [5.41, 5.74) is 10.2. The van der Waals surface area contributed by atoms with Crippen molar-refractivity contribution in [2.24, 2.45) is 11.5 Å². The molecule has 102 valence electrons. The molecule has 0 fully saturated rings. The fraction of sp³-hybridized carbons (Fsp3) is 0.800. The Bertz CT molecular complexity index is 231. The van der Waals surface area contributed by atoms with Gasteiger partial charge in [0.2, 0.25) is 0 Å². The van der Waals surface area contributed by atoms with Gasteiger partial charge in [-0.3, -0.25) is 10.2 Å². The number of hydrogen-bond acceptors (Lipinski definition) is 3. The van der Waals surface area contributed by atoms with Gasteiger partial charge in [-0.2, -0.15) is 0 Å². The lowest BCUT2D eigenvalue weighted by Gasteiger charge is -2.14. The molecule has 0 rings (SSSR count). The number of nitrogens with one attached hydrogen (secondary N) is 2. The van der Waals surface area contributed by atoms with Crippen LogP contribution < -0.4 is 16.8 Å². The van der Waals surface area contributed by atoms with Crippen molar-refractivity contribution in [2.45, 2.75) is 18.9 Å². The Morgan fingerprint density at radius 2 is 1.82 bits per heavy atom. The van der Waals surface area contributed by atoms with Gasteiger partial charge in [0.05, 0.1) is 28.2 Å². The molecule has 1 atom stereocenters. The van der Waals surface area contributed by atoms with E-state index in [0.717, 1.165) is 4.48 Å². The van der Waals surface area contributed by atoms with Crippen LogP contribution in [0.4, 0.5) is 0 Å². The van der Waals surface area contributed by atoms with Crippen LogP contribution in [0, 0.1) is 5.41 Å². The van der Waals surface area contributed by atoms with Gasteiger partial charge in [0.1, 0.15) is 6.04 Å². The van der Waals surface area contributed by atoms with Crippen LogP contribution >= 0.6 is 0 Å². The minimum atomic E-state index is -1.00. The first-order chi connectivity index (χ1) is 7.54. The number of quaternary nitrogens is 1. The highest BCUT2D eigenvalue weighted by Crippen LogP contribution is 1.92. The van der Waals surface area contributed by atoms with Crippen LogP contribution in [0.2, 0.25) is 0 Å². The van der Waals surface area contributed by atoms with Gasteiger partial charge in [0.25, 0.3) is 0 Å². The van der Waals surface area contributed by atoms with Gasteiger partial charge in [-0.15, -0.1) is 0 Å². The van der Waals surface area contributed by atoms with Gasteiger partial charge in [0, 0.05) is 6.54 Å². The lowest BCUT2D eigenvalue weighted by Crippen LogP contribution is -2.34. The highest BCUT2D eigenvalue weighted by Gasteiger charge is 2.09. The van der Waals surface area contributed by atoms with E-state index in [1.54, 1.807) is 0 Å². The summed E-state index contributed by atoms with van der Waals surface area (Å²) in [7, 11) is 8.50. The van der Waals surface area contributed by atoms with Crippen molar-refractivity contribution in [3.05, 3.63) is 0 Å². The zero-order valence-electron chi connectivity index (χ0n) is 11.2. The Balaban J connectivity index is 0. The molecule has 0 amide bonds. The molecular weight excluding hydrogens is 222 g/mol. The first-order valence-corrected chi connectivity index (χ1v) is 5.39. The molecule has 0 spiro atoms. The van der Waals surface area contributed by atoms with Crippen molar-refractivity contribution in [2.75, 3.05) is 34.7 Å². The van der Waals surface area contributed by atoms with E-state index in [0.29, 0.717) is 19.4 Å². The Morgan fingerprint density at radius 1 is 1.41 bits per heavy atom. The maximum atomic E-state index is 10.2. The number of nitrogens with zero attached hydrogens (tertiary/aromatic N) is 1. The van der Waals surface area contributed by atoms with Gasteiger partial charge in [-0.05, 0) is 12.8 Å². The Morgan fingerprint density at radius 3 is 2.12 bits per heavy atom. The van der Waals surface area contributed by atoms with Gasteiger partial charge in [0.15, 0.2) is 5.96 Å². The zero-order chi connectivity index (χ0) is 14.1. The van der Waals surface area contributed by atoms with Crippen LogP contribution in [0.15, 0.2) is 0 Å². The monoisotopic (exact) mass is 248 g/mol. The fourth-order valence-electron chi connectivity index (χ4n) is 0.669. The minimum Gasteiger partial charge on any atom is -0.480 e. The van der Waals surface area contributed by atoms with Crippen LogP contribution in [0.3, 0.4) is 0 Å². The third kappa shape index (κ3) is 25.2. The Kier molecular flexibility index (Phi) is 9.31. The number of guanidine groups is 1. The van der Waals surface area contributed by atoms with Crippen molar-refractivity contribution >= 4 is 11.9 Å². The molecule has 0 saturated carbocycles. The number of carbonyl (C=O) groups is 1. The number of carboxylic acids is 1. The molecule has 1 unspecified atom stereocenters. The molecule has 0 aliphatic rings. The van der Waals surface area contributed by atoms with E-state index in [-0.39, 0.29) is 5.96 Å². The van der Waals surface area contributed by atoms with E-state index >= 15 is 0 Å². The summed E-state index contributed by atoms with van der Waals surface area (Å²) in [6.07, 6.45) is 0.975. The number of aliphatic carboxylic acids is 1. The quantitative estimate of drug-likeness (QED) is 0.184. The van der Waals surface area contributed by atoms with Crippen LogP contribution in [-0.4, -0.2) is 62.3 Å². The number of rotatable bonds is 5. The molecule has 0 saturated heterocycles. The third-order valence-corrected chi connectivity index (χ3v) is 1.32. The van der Waals surface area contributed by atoms with E-state index in [1.807, 2.05) is 0 Å². The second kappa shape index (κ2) is 8.77. The molecule has 7 N–H and O–H groups in total. The first-order valence-electron chi connectivity index (χ1n) is 5.39. The van der Waals surface area contributed by atoms with E-state index in [2.05, 4.69) is 33.5 Å². The Labute approximate surface area is 103 Å². The number of hydrogen-bond donors (Lipinski definition) is 5. The topological polar surface area (TPSA) is 125 Å². The predicted molar refractivity (Wildman–Crippen MR) is 68.7 cm³/mol. The molecule has 17 heavy (non-hydrogen) atoms. The zero-order valence-corrected chi connectivity index (χ0v) is 11.2. The normalized spacial score (nSPS) is 12.1. The first kappa shape index (κ1) is 18.0. The summed E-state index contributed by atoms with van der Waals surface area (Å²) in [5.74, 6) is -1.11. The molecule has 0 aromatic carbocycles. The maximum absolute atomic E-state index is 10.2. The lowest BCUT2D eigenvalue weighted by atomic mass is 10.2. The largest absolute Gasteiger partial charge is 0.480 e. The molecule has 0 aromatic heterocycles. The summed E-state index contributed by atoms with van der Waals surface area (Å²) in [6, 6.07) is -0.821. The minimum absolute atomic E-state index is 0.112.